The summed E-state index contributed by atoms with van der Waals surface area (Å²) in [4.78, 5) is 0. The van der Waals surface area contributed by atoms with Gasteiger partial charge >= 0.3 is 0 Å². The van der Waals surface area contributed by atoms with Crippen LogP contribution in [0.2, 0.25) is 0 Å². The lowest BCUT2D eigenvalue weighted by atomic mass is 9.50. The minimum absolute atomic E-state index is 0.0483. The topological polar surface area (TPSA) is 40.5 Å². The molecule has 0 heterocycles. The lowest BCUT2D eigenvalue weighted by molar-refractivity contribution is -0.0966. The number of fused-ring (bicyclic) bond motifs is 2. The summed E-state index contributed by atoms with van der Waals surface area (Å²) in [6.45, 7) is 6.98. The maximum Gasteiger partial charge on any atom is 0.0665 e. The second-order valence-corrected chi connectivity index (χ2v) is 7.40. The minimum atomic E-state index is -0.187. The van der Waals surface area contributed by atoms with E-state index in [1.807, 2.05) is 0 Å². The standard InChI is InChI=1S/C15H24O2/c1-14(2)6-9-10(7-14)13(17)15(3)5-4-12(15)11(9)8-16/h10,12-13,16-17H,4-8H2,1-3H3. The third-order valence-corrected chi connectivity index (χ3v) is 5.72. The van der Waals surface area contributed by atoms with E-state index in [1.165, 1.54) is 11.1 Å². The second-order valence-electron chi connectivity index (χ2n) is 7.40. The molecule has 2 saturated carbocycles. The molecule has 3 aliphatic rings. The Hall–Kier alpha value is -0.340. The van der Waals surface area contributed by atoms with Gasteiger partial charge in [0, 0.05) is 11.3 Å². The lowest BCUT2D eigenvalue weighted by Gasteiger charge is -2.56. The Balaban J connectivity index is 2.06. The van der Waals surface area contributed by atoms with Crippen molar-refractivity contribution in [2.24, 2.45) is 22.7 Å². The molecule has 0 saturated heterocycles. The van der Waals surface area contributed by atoms with Crippen molar-refractivity contribution >= 4 is 0 Å². The van der Waals surface area contributed by atoms with E-state index in [-0.39, 0.29) is 18.1 Å². The van der Waals surface area contributed by atoms with Gasteiger partial charge in [-0.05, 0) is 42.6 Å². The Morgan fingerprint density at radius 3 is 2.53 bits per heavy atom. The highest BCUT2D eigenvalue weighted by Crippen LogP contribution is 2.63. The summed E-state index contributed by atoms with van der Waals surface area (Å²) >= 11 is 0. The third-order valence-electron chi connectivity index (χ3n) is 5.72. The van der Waals surface area contributed by atoms with Crippen LogP contribution >= 0.6 is 0 Å². The molecule has 4 unspecified atom stereocenters. The Kier molecular flexibility index (Phi) is 2.32. The SMILES string of the molecule is CC1(C)CC2=C(CO)C3CCC3(C)C(O)C2C1. The molecule has 3 rings (SSSR count). The van der Waals surface area contributed by atoms with Crippen molar-refractivity contribution in [2.45, 2.75) is 52.6 Å². The number of hydrogen-bond donors (Lipinski definition) is 2. The van der Waals surface area contributed by atoms with Gasteiger partial charge in [-0.2, -0.15) is 0 Å². The minimum Gasteiger partial charge on any atom is -0.392 e. The fourth-order valence-electron chi connectivity index (χ4n) is 4.66. The fraction of sp³-hybridized carbons (Fsp3) is 0.867. The van der Waals surface area contributed by atoms with Gasteiger partial charge in [0.15, 0.2) is 0 Å². The zero-order valence-electron chi connectivity index (χ0n) is 11.2. The molecular formula is C15H24O2. The molecule has 0 aromatic rings. The highest BCUT2D eigenvalue weighted by Gasteiger charge is 2.58. The van der Waals surface area contributed by atoms with E-state index in [2.05, 4.69) is 20.8 Å². The van der Waals surface area contributed by atoms with Crippen LogP contribution in [0.1, 0.15) is 46.5 Å². The Bertz CT molecular complexity index is 382. The maximum absolute atomic E-state index is 10.7. The number of aliphatic hydroxyl groups is 2. The zero-order valence-corrected chi connectivity index (χ0v) is 11.2. The molecule has 3 aliphatic carbocycles. The van der Waals surface area contributed by atoms with Crippen molar-refractivity contribution in [3.63, 3.8) is 0 Å². The molecule has 2 fully saturated rings. The molecule has 4 atom stereocenters. The predicted molar refractivity (Wildman–Crippen MR) is 67.5 cm³/mol. The maximum atomic E-state index is 10.7. The van der Waals surface area contributed by atoms with Gasteiger partial charge in [0.05, 0.1) is 12.7 Å². The summed E-state index contributed by atoms with van der Waals surface area (Å²) < 4.78 is 0. The van der Waals surface area contributed by atoms with Gasteiger partial charge in [-0.25, -0.2) is 0 Å². The molecule has 0 aromatic heterocycles. The van der Waals surface area contributed by atoms with Gasteiger partial charge in [-0.15, -0.1) is 0 Å². The average molecular weight is 236 g/mol. The number of rotatable bonds is 1. The first-order valence-corrected chi connectivity index (χ1v) is 6.90. The van der Waals surface area contributed by atoms with Crippen molar-refractivity contribution in [2.75, 3.05) is 6.61 Å². The van der Waals surface area contributed by atoms with Gasteiger partial charge < -0.3 is 10.2 Å². The van der Waals surface area contributed by atoms with Crippen molar-refractivity contribution in [3.05, 3.63) is 11.1 Å². The smallest absolute Gasteiger partial charge is 0.0665 e. The quantitative estimate of drug-likeness (QED) is 0.687. The van der Waals surface area contributed by atoms with Gasteiger partial charge in [0.2, 0.25) is 0 Å². The monoisotopic (exact) mass is 236 g/mol. The summed E-state index contributed by atoms with van der Waals surface area (Å²) in [5.41, 5.74) is 3.01. The first-order valence-electron chi connectivity index (χ1n) is 6.90. The van der Waals surface area contributed by atoms with E-state index >= 15 is 0 Å². The van der Waals surface area contributed by atoms with E-state index in [9.17, 15) is 10.2 Å². The van der Waals surface area contributed by atoms with Crippen molar-refractivity contribution in [1.29, 1.82) is 0 Å². The van der Waals surface area contributed by atoms with Crippen LogP contribution in [0.5, 0.6) is 0 Å². The van der Waals surface area contributed by atoms with E-state index in [1.54, 1.807) is 0 Å². The Labute approximate surface area is 104 Å². The molecule has 0 radical (unpaired) electrons. The molecule has 0 amide bonds. The van der Waals surface area contributed by atoms with E-state index < -0.39 is 0 Å². The van der Waals surface area contributed by atoms with E-state index in [4.69, 9.17) is 0 Å². The summed E-state index contributed by atoms with van der Waals surface area (Å²) in [5, 5.41) is 20.4. The highest BCUT2D eigenvalue weighted by molar-refractivity contribution is 5.35. The lowest BCUT2D eigenvalue weighted by Crippen LogP contribution is -2.54. The summed E-state index contributed by atoms with van der Waals surface area (Å²) in [6.07, 6.45) is 4.23. The van der Waals surface area contributed by atoms with Gasteiger partial charge in [-0.1, -0.05) is 26.3 Å². The van der Waals surface area contributed by atoms with Crippen LogP contribution in [0.3, 0.4) is 0 Å². The van der Waals surface area contributed by atoms with Gasteiger partial charge in [0.25, 0.3) is 0 Å². The fourth-order valence-corrected chi connectivity index (χ4v) is 4.66. The number of hydrogen-bond acceptors (Lipinski definition) is 2. The Morgan fingerprint density at radius 2 is 2.00 bits per heavy atom. The zero-order chi connectivity index (χ0) is 12.4. The predicted octanol–water partition coefficient (Wildman–Crippen LogP) is 2.50. The second kappa shape index (κ2) is 3.36. The van der Waals surface area contributed by atoms with Crippen LogP contribution in [-0.4, -0.2) is 22.9 Å². The van der Waals surface area contributed by atoms with Crippen molar-refractivity contribution in [1.82, 2.24) is 0 Å². The average Bonchev–Trinajstić information content (AvgIpc) is 2.56. The molecule has 0 aliphatic heterocycles. The van der Waals surface area contributed by atoms with Gasteiger partial charge in [-0.3, -0.25) is 0 Å². The molecule has 2 nitrogen and oxygen atoms in total. The van der Waals surface area contributed by atoms with Crippen LogP contribution in [-0.2, 0) is 0 Å². The Morgan fingerprint density at radius 1 is 1.29 bits per heavy atom. The summed E-state index contributed by atoms with van der Waals surface area (Å²) in [6, 6.07) is 0. The summed E-state index contributed by atoms with van der Waals surface area (Å²) in [7, 11) is 0. The van der Waals surface area contributed by atoms with Crippen LogP contribution in [0.4, 0.5) is 0 Å². The largest absolute Gasteiger partial charge is 0.392 e. The van der Waals surface area contributed by atoms with Crippen LogP contribution in [0.15, 0.2) is 11.1 Å². The summed E-state index contributed by atoms with van der Waals surface area (Å²) in [5.74, 6) is 0.761. The first-order chi connectivity index (χ1) is 7.89. The molecule has 2 N–H and O–H groups in total. The van der Waals surface area contributed by atoms with E-state index in [0.29, 0.717) is 17.3 Å². The number of aliphatic hydroxyl groups excluding tert-OH is 2. The third kappa shape index (κ3) is 1.40. The highest BCUT2D eigenvalue weighted by atomic mass is 16.3. The molecule has 96 valence electrons. The van der Waals surface area contributed by atoms with E-state index in [0.717, 1.165) is 25.7 Å². The molecular weight excluding hydrogens is 212 g/mol. The normalized spacial score (nSPS) is 47.5. The molecule has 2 heteroatoms. The molecule has 0 spiro atoms. The van der Waals surface area contributed by atoms with Crippen LogP contribution < -0.4 is 0 Å². The molecule has 0 aromatic carbocycles. The molecule has 0 bridgehead atoms. The molecule has 17 heavy (non-hydrogen) atoms. The van der Waals surface area contributed by atoms with Gasteiger partial charge in [0.1, 0.15) is 0 Å². The first kappa shape index (κ1) is 11.7. The van der Waals surface area contributed by atoms with Crippen LogP contribution in [0.25, 0.3) is 0 Å². The van der Waals surface area contributed by atoms with Crippen molar-refractivity contribution in [3.8, 4) is 0 Å². The van der Waals surface area contributed by atoms with Crippen molar-refractivity contribution < 1.29 is 10.2 Å². The van der Waals surface area contributed by atoms with Crippen LogP contribution in [0, 0.1) is 22.7 Å².